The van der Waals surface area contributed by atoms with Gasteiger partial charge in [-0.25, -0.2) is 0 Å². The second-order valence-corrected chi connectivity index (χ2v) is 5.28. The molecular formula is C18H24N2O. The molecule has 0 aliphatic carbocycles. The molecule has 0 spiro atoms. The Hall–Kier alpha value is -1.71. The molecule has 0 bridgehead atoms. The van der Waals surface area contributed by atoms with Crippen LogP contribution in [0.15, 0.2) is 36.4 Å². The van der Waals surface area contributed by atoms with E-state index in [-0.39, 0.29) is 0 Å². The summed E-state index contributed by atoms with van der Waals surface area (Å²) in [7, 11) is 1.72. The van der Waals surface area contributed by atoms with E-state index in [1.807, 2.05) is 6.92 Å². The summed E-state index contributed by atoms with van der Waals surface area (Å²) in [6.07, 6.45) is 3.31. The third-order valence-electron chi connectivity index (χ3n) is 3.54. The lowest BCUT2D eigenvalue weighted by atomic mass is 10.0. The minimum absolute atomic E-state index is 0.764. The molecule has 0 amide bonds. The molecule has 3 nitrogen and oxygen atoms in total. The number of rotatable bonds is 7. The molecule has 0 unspecified atom stereocenters. The topological polar surface area (TPSA) is 34.1 Å². The van der Waals surface area contributed by atoms with Crippen LogP contribution < -0.4 is 5.32 Å². The normalized spacial score (nSPS) is 12.0. The Morgan fingerprint density at radius 3 is 2.90 bits per heavy atom. The first-order valence-corrected chi connectivity index (χ1v) is 7.45. The van der Waals surface area contributed by atoms with Gasteiger partial charge in [-0.3, -0.25) is 4.98 Å². The number of allylic oxidation sites excluding steroid dienone is 1. The van der Waals surface area contributed by atoms with Crippen molar-refractivity contribution in [3.63, 3.8) is 0 Å². The Bertz CT molecular complexity index is 620. The van der Waals surface area contributed by atoms with Crippen molar-refractivity contribution in [2.24, 2.45) is 0 Å². The number of methoxy groups -OCH3 is 1. The van der Waals surface area contributed by atoms with Gasteiger partial charge in [0.15, 0.2) is 0 Å². The number of nitrogens with one attached hydrogen (secondary N) is 1. The summed E-state index contributed by atoms with van der Waals surface area (Å²) < 4.78 is 5.00. The quantitative estimate of drug-likeness (QED) is 0.789. The SMILES string of the molecule is COCCNCC/C=C(/C)c1ccc2nc(C)ccc2c1. The second kappa shape index (κ2) is 7.91. The summed E-state index contributed by atoms with van der Waals surface area (Å²) >= 11 is 0. The van der Waals surface area contributed by atoms with Crippen molar-refractivity contribution in [3.05, 3.63) is 47.7 Å². The molecule has 1 aromatic heterocycles. The van der Waals surface area contributed by atoms with E-state index < -0.39 is 0 Å². The van der Waals surface area contributed by atoms with Crippen molar-refractivity contribution in [1.82, 2.24) is 10.3 Å². The molecule has 21 heavy (non-hydrogen) atoms. The number of hydrogen-bond acceptors (Lipinski definition) is 3. The maximum atomic E-state index is 5.00. The number of aromatic nitrogens is 1. The molecule has 1 aromatic carbocycles. The van der Waals surface area contributed by atoms with Crippen molar-refractivity contribution >= 4 is 16.5 Å². The van der Waals surface area contributed by atoms with Gasteiger partial charge in [-0.2, -0.15) is 0 Å². The number of aryl methyl sites for hydroxylation is 1. The Labute approximate surface area is 127 Å². The second-order valence-electron chi connectivity index (χ2n) is 5.28. The molecular weight excluding hydrogens is 260 g/mol. The highest BCUT2D eigenvalue weighted by molar-refractivity contribution is 5.83. The number of nitrogens with zero attached hydrogens (tertiary/aromatic N) is 1. The largest absolute Gasteiger partial charge is 0.383 e. The zero-order valence-corrected chi connectivity index (χ0v) is 13.1. The summed E-state index contributed by atoms with van der Waals surface area (Å²) in [6, 6.07) is 10.7. The van der Waals surface area contributed by atoms with Gasteiger partial charge in [0, 0.05) is 24.7 Å². The minimum Gasteiger partial charge on any atom is -0.383 e. The van der Waals surface area contributed by atoms with Crippen molar-refractivity contribution in [1.29, 1.82) is 0 Å². The van der Waals surface area contributed by atoms with Gasteiger partial charge in [0.2, 0.25) is 0 Å². The zero-order valence-electron chi connectivity index (χ0n) is 13.1. The van der Waals surface area contributed by atoms with Gasteiger partial charge in [0.05, 0.1) is 12.1 Å². The monoisotopic (exact) mass is 284 g/mol. The highest BCUT2D eigenvalue weighted by atomic mass is 16.5. The van der Waals surface area contributed by atoms with Gasteiger partial charge in [0.1, 0.15) is 0 Å². The van der Waals surface area contributed by atoms with E-state index in [1.165, 1.54) is 16.5 Å². The molecule has 2 aromatic rings. The molecule has 0 saturated heterocycles. The zero-order chi connectivity index (χ0) is 15.1. The van der Waals surface area contributed by atoms with Crippen molar-refractivity contribution in [3.8, 4) is 0 Å². The van der Waals surface area contributed by atoms with E-state index in [4.69, 9.17) is 4.74 Å². The van der Waals surface area contributed by atoms with E-state index in [0.717, 1.165) is 37.3 Å². The summed E-state index contributed by atoms with van der Waals surface area (Å²) in [6.45, 7) is 6.84. The highest BCUT2D eigenvalue weighted by Gasteiger charge is 2.00. The molecule has 0 aliphatic rings. The Morgan fingerprint density at radius 2 is 2.10 bits per heavy atom. The predicted molar refractivity (Wildman–Crippen MR) is 89.5 cm³/mol. The van der Waals surface area contributed by atoms with Crippen molar-refractivity contribution in [2.45, 2.75) is 20.3 Å². The maximum absolute atomic E-state index is 5.00. The highest BCUT2D eigenvalue weighted by Crippen LogP contribution is 2.20. The maximum Gasteiger partial charge on any atom is 0.0705 e. The van der Waals surface area contributed by atoms with Gasteiger partial charge in [-0.05, 0) is 56.1 Å². The molecule has 0 fully saturated rings. The van der Waals surface area contributed by atoms with E-state index >= 15 is 0 Å². The predicted octanol–water partition coefficient (Wildman–Crippen LogP) is 3.57. The molecule has 2 rings (SSSR count). The van der Waals surface area contributed by atoms with Crippen LogP contribution in [0, 0.1) is 6.92 Å². The van der Waals surface area contributed by atoms with Crippen LogP contribution in [0.25, 0.3) is 16.5 Å². The van der Waals surface area contributed by atoms with Gasteiger partial charge in [-0.1, -0.05) is 18.2 Å². The van der Waals surface area contributed by atoms with Crippen molar-refractivity contribution in [2.75, 3.05) is 26.8 Å². The standard InChI is InChI=1S/C18H24N2O/c1-14(5-4-10-19-11-12-21-3)16-8-9-18-17(13-16)7-6-15(2)20-18/h5-9,13,19H,4,10-12H2,1-3H3/b14-5-. The first-order chi connectivity index (χ1) is 10.2. The Morgan fingerprint density at radius 1 is 1.24 bits per heavy atom. The molecule has 0 radical (unpaired) electrons. The van der Waals surface area contributed by atoms with Gasteiger partial charge in [-0.15, -0.1) is 0 Å². The number of pyridine rings is 1. The molecule has 112 valence electrons. The Balaban J connectivity index is 1.98. The summed E-state index contributed by atoms with van der Waals surface area (Å²) in [4.78, 5) is 4.54. The molecule has 0 aliphatic heterocycles. The lowest BCUT2D eigenvalue weighted by Crippen LogP contribution is -2.19. The number of hydrogen-bond donors (Lipinski definition) is 1. The molecule has 0 saturated carbocycles. The van der Waals surface area contributed by atoms with E-state index in [9.17, 15) is 0 Å². The number of ether oxygens (including phenoxy) is 1. The lowest BCUT2D eigenvalue weighted by molar-refractivity contribution is 0.199. The lowest BCUT2D eigenvalue weighted by Gasteiger charge is -2.06. The number of benzene rings is 1. The first-order valence-electron chi connectivity index (χ1n) is 7.45. The van der Waals surface area contributed by atoms with Gasteiger partial charge < -0.3 is 10.1 Å². The van der Waals surface area contributed by atoms with E-state index in [2.05, 4.69) is 53.6 Å². The number of fused-ring (bicyclic) bond motifs is 1. The van der Waals surface area contributed by atoms with Gasteiger partial charge >= 0.3 is 0 Å². The van der Waals surface area contributed by atoms with Crippen LogP contribution >= 0.6 is 0 Å². The van der Waals surface area contributed by atoms with Crippen LogP contribution in [-0.4, -0.2) is 31.8 Å². The van der Waals surface area contributed by atoms with Crippen LogP contribution in [0.1, 0.15) is 24.6 Å². The average molecular weight is 284 g/mol. The fraction of sp³-hybridized carbons (Fsp3) is 0.389. The van der Waals surface area contributed by atoms with Crippen molar-refractivity contribution < 1.29 is 4.74 Å². The van der Waals surface area contributed by atoms with Crippen LogP contribution in [0.3, 0.4) is 0 Å². The molecule has 3 heteroatoms. The average Bonchev–Trinajstić information content (AvgIpc) is 2.50. The summed E-state index contributed by atoms with van der Waals surface area (Å²) in [5.41, 5.74) is 4.70. The Kier molecular flexibility index (Phi) is 5.90. The van der Waals surface area contributed by atoms with E-state index in [1.54, 1.807) is 7.11 Å². The minimum atomic E-state index is 0.764. The molecule has 1 heterocycles. The van der Waals surface area contributed by atoms with E-state index in [0.29, 0.717) is 0 Å². The fourth-order valence-electron chi connectivity index (χ4n) is 2.28. The van der Waals surface area contributed by atoms with Crippen LogP contribution in [0.5, 0.6) is 0 Å². The van der Waals surface area contributed by atoms with Crippen LogP contribution in [0.4, 0.5) is 0 Å². The summed E-state index contributed by atoms with van der Waals surface area (Å²) in [5, 5.41) is 4.55. The van der Waals surface area contributed by atoms with Gasteiger partial charge in [0.25, 0.3) is 0 Å². The molecule has 0 atom stereocenters. The smallest absolute Gasteiger partial charge is 0.0705 e. The fourth-order valence-corrected chi connectivity index (χ4v) is 2.28. The third-order valence-corrected chi connectivity index (χ3v) is 3.54. The first kappa shape index (κ1) is 15.7. The third kappa shape index (κ3) is 4.66. The summed E-state index contributed by atoms with van der Waals surface area (Å²) in [5.74, 6) is 0. The van der Waals surface area contributed by atoms with Crippen LogP contribution in [0.2, 0.25) is 0 Å². The molecule has 1 N–H and O–H groups in total. The van der Waals surface area contributed by atoms with Crippen LogP contribution in [-0.2, 0) is 4.74 Å².